The second kappa shape index (κ2) is 7.80. The van der Waals surface area contributed by atoms with E-state index >= 15 is 0 Å². The van der Waals surface area contributed by atoms with Crippen LogP contribution < -0.4 is 11.3 Å². The Kier molecular flexibility index (Phi) is 4.98. The lowest BCUT2D eigenvalue weighted by molar-refractivity contribution is 0.339. The standard InChI is InChI=1S/C23H25N5OS/c1-14-17(16-9-5-6-10-19(16)25-14)13-18-21(24)28-23(26-22(18)29)30-20(27-28)12-11-15-7-3-2-4-8-15/h5-6,9-10,13,15H,2-4,7-8,11-12,24H2,1H3/b17-13+. The van der Waals surface area contributed by atoms with Crippen LogP contribution in [0.5, 0.6) is 0 Å². The van der Waals surface area contributed by atoms with E-state index < -0.39 is 0 Å². The Hall–Kier alpha value is -2.80. The molecule has 5 rings (SSSR count). The van der Waals surface area contributed by atoms with Crippen LogP contribution in [-0.2, 0) is 6.42 Å². The van der Waals surface area contributed by atoms with E-state index in [0.717, 1.165) is 46.3 Å². The van der Waals surface area contributed by atoms with Gasteiger partial charge in [0.15, 0.2) is 0 Å². The maximum atomic E-state index is 12.8. The number of nitrogens with two attached hydrogens (primary N) is 1. The molecule has 1 fully saturated rings. The first-order chi connectivity index (χ1) is 14.6. The molecule has 0 amide bonds. The number of allylic oxidation sites excluding steroid dienone is 1. The summed E-state index contributed by atoms with van der Waals surface area (Å²) in [5.41, 5.74) is 10.1. The lowest BCUT2D eigenvalue weighted by Gasteiger charge is -2.20. The van der Waals surface area contributed by atoms with Gasteiger partial charge in [-0.25, -0.2) is 0 Å². The van der Waals surface area contributed by atoms with Gasteiger partial charge in [0.1, 0.15) is 10.8 Å². The van der Waals surface area contributed by atoms with Crippen LogP contribution in [0, 0.1) is 5.92 Å². The number of fused-ring (bicyclic) bond motifs is 2. The van der Waals surface area contributed by atoms with E-state index in [1.54, 1.807) is 4.52 Å². The number of hydrogen-bond donors (Lipinski definition) is 1. The van der Waals surface area contributed by atoms with Crippen molar-refractivity contribution in [1.82, 2.24) is 14.6 Å². The summed E-state index contributed by atoms with van der Waals surface area (Å²) in [4.78, 5) is 22.2. The van der Waals surface area contributed by atoms with Crippen LogP contribution in [0.1, 0.15) is 61.6 Å². The van der Waals surface area contributed by atoms with Gasteiger partial charge in [0.2, 0.25) is 4.96 Å². The third-order valence-corrected chi connectivity index (χ3v) is 7.15. The number of nitrogen functional groups attached to an aromatic ring is 1. The molecule has 0 unspecified atom stereocenters. The number of aliphatic imine (C=N–C) groups is 1. The van der Waals surface area contributed by atoms with Gasteiger partial charge in [0.05, 0.1) is 11.3 Å². The van der Waals surface area contributed by atoms with Crippen molar-refractivity contribution in [2.24, 2.45) is 10.9 Å². The van der Waals surface area contributed by atoms with Crippen LogP contribution in [0.25, 0.3) is 16.6 Å². The highest BCUT2D eigenvalue weighted by molar-refractivity contribution is 7.16. The summed E-state index contributed by atoms with van der Waals surface area (Å²) in [5.74, 6) is 1.14. The maximum Gasteiger partial charge on any atom is 0.283 e. The van der Waals surface area contributed by atoms with Gasteiger partial charge in [-0.2, -0.15) is 14.6 Å². The molecule has 3 aromatic rings. The minimum absolute atomic E-state index is 0.320. The third kappa shape index (κ3) is 3.47. The topological polar surface area (TPSA) is 85.6 Å². The minimum atomic E-state index is -0.320. The smallest absolute Gasteiger partial charge is 0.283 e. The Labute approximate surface area is 179 Å². The third-order valence-electron chi connectivity index (χ3n) is 6.19. The highest BCUT2D eigenvalue weighted by atomic mass is 32.1. The lowest BCUT2D eigenvalue weighted by Crippen LogP contribution is -2.17. The van der Waals surface area contributed by atoms with E-state index in [4.69, 9.17) is 5.73 Å². The molecule has 0 atom stereocenters. The SMILES string of the molecule is CC1=Nc2ccccc2/C1=C/c1c(N)n2nc(CCC3CCCCC3)sc2nc1=O. The summed E-state index contributed by atoms with van der Waals surface area (Å²) in [6.07, 6.45) is 10.6. The summed E-state index contributed by atoms with van der Waals surface area (Å²) in [7, 11) is 0. The first-order valence-corrected chi connectivity index (χ1v) is 11.5. The first kappa shape index (κ1) is 19.2. The van der Waals surface area contributed by atoms with E-state index in [-0.39, 0.29) is 5.56 Å². The summed E-state index contributed by atoms with van der Waals surface area (Å²) in [6, 6.07) is 7.90. The average Bonchev–Trinajstić information content (AvgIpc) is 3.30. The molecular formula is C23H25N5OS. The molecule has 3 heterocycles. The molecule has 30 heavy (non-hydrogen) atoms. The number of hydrogen-bond acceptors (Lipinski definition) is 6. The maximum absolute atomic E-state index is 12.8. The van der Waals surface area contributed by atoms with Gasteiger partial charge in [0, 0.05) is 23.3 Å². The van der Waals surface area contributed by atoms with E-state index in [1.165, 1.54) is 43.4 Å². The van der Waals surface area contributed by atoms with Crippen LogP contribution >= 0.6 is 11.3 Å². The summed E-state index contributed by atoms with van der Waals surface area (Å²) in [6.45, 7) is 1.94. The van der Waals surface area contributed by atoms with Crippen LogP contribution in [0.3, 0.4) is 0 Å². The van der Waals surface area contributed by atoms with E-state index in [1.807, 2.05) is 37.3 Å². The van der Waals surface area contributed by atoms with E-state index in [2.05, 4.69) is 15.1 Å². The fourth-order valence-electron chi connectivity index (χ4n) is 4.52. The Bertz CT molecular complexity index is 1230. The molecule has 2 aliphatic rings. The number of rotatable bonds is 4. The van der Waals surface area contributed by atoms with Crippen LogP contribution in [0.15, 0.2) is 34.1 Å². The molecule has 6 nitrogen and oxygen atoms in total. The van der Waals surface area contributed by atoms with Crippen molar-refractivity contribution in [2.45, 2.75) is 51.9 Å². The Morgan fingerprint density at radius 1 is 1.23 bits per heavy atom. The van der Waals surface area contributed by atoms with Gasteiger partial charge in [-0.15, -0.1) is 0 Å². The highest BCUT2D eigenvalue weighted by Gasteiger charge is 2.20. The molecule has 0 spiro atoms. The number of nitrogens with zero attached hydrogens (tertiary/aromatic N) is 4. The Morgan fingerprint density at radius 2 is 2.03 bits per heavy atom. The van der Waals surface area contributed by atoms with E-state index in [9.17, 15) is 4.79 Å². The quantitative estimate of drug-likeness (QED) is 0.652. The summed E-state index contributed by atoms with van der Waals surface area (Å²) >= 11 is 1.47. The molecular weight excluding hydrogens is 394 g/mol. The predicted molar refractivity (Wildman–Crippen MR) is 124 cm³/mol. The number of para-hydroxylation sites is 1. The average molecular weight is 420 g/mol. The van der Waals surface area contributed by atoms with Crippen LogP contribution in [0.4, 0.5) is 11.5 Å². The van der Waals surface area contributed by atoms with Crippen molar-refractivity contribution < 1.29 is 0 Å². The molecule has 2 N–H and O–H groups in total. The largest absolute Gasteiger partial charge is 0.383 e. The van der Waals surface area contributed by atoms with Crippen LogP contribution in [0.2, 0.25) is 0 Å². The zero-order valence-corrected chi connectivity index (χ0v) is 17.9. The molecule has 154 valence electrons. The number of aromatic nitrogens is 3. The molecule has 1 aliphatic carbocycles. The molecule has 1 aliphatic heterocycles. The fourth-order valence-corrected chi connectivity index (χ4v) is 5.43. The Balaban J connectivity index is 1.48. The van der Waals surface area contributed by atoms with Gasteiger partial charge in [0.25, 0.3) is 5.56 Å². The molecule has 0 bridgehead atoms. The first-order valence-electron chi connectivity index (χ1n) is 10.6. The fraction of sp³-hybridized carbons (Fsp3) is 0.391. The minimum Gasteiger partial charge on any atom is -0.383 e. The predicted octanol–water partition coefficient (Wildman–Crippen LogP) is 4.89. The van der Waals surface area contributed by atoms with Crippen molar-refractivity contribution in [3.05, 3.63) is 50.8 Å². The molecule has 0 saturated heterocycles. The lowest BCUT2D eigenvalue weighted by atomic mass is 9.86. The summed E-state index contributed by atoms with van der Waals surface area (Å²) < 4.78 is 1.63. The number of anilines is 1. The zero-order chi connectivity index (χ0) is 20.7. The van der Waals surface area contributed by atoms with Crippen molar-refractivity contribution in [3.63, 3.8) is 0 Å². The molecule has 0 radical (unpaired) electrons. The van der Waals surface area contributed by atoms with Crippen LogP contribution in [-0.4, -0.2) is 20.3 Å². The van der Waals surface area contributed by atoms with Crippen molar-refractivity contribution in [1.29, 1.82) is 0 Å². The van der Waals surface area contributed by atoms with Gasteiger partial charge >= 0.3 is 0 Å². The van der Waals surface area contributed by atoms with Crippen molar-refractivity contribution in [3.8, 4) is 0 Å². The number of benzene rings is 1. The number of aryl methyl sites for hydroxylation is 1. The molecule has 2 aromatic heterocycles. The van der Waals surface area contributed by atoms with E-state index in [0.29, 0.717) is 16.3 Å². The molecule has 1 aromatic carbocycles. The van der Waals surface area contributed by atoms with Crippen molar-refractivity contribution >= 4 is 45.2 Å². The Morgan fingerprint density at radius 3 is 2.87 bits per heavy atom. The van der Waals surface area contributed by atoms with Gasteiger partial charge < -0.3 is 5.73 Å². The second-order valence-corrected chi connectivity index (χ2v) is 9.26. The highest BCUT2D eigenvalue weighted by Crippen LogP contribution is 2.36. The summed E-state index contributed by atoms with van der Waals surface area (Å²) in [5, 5.41) is 5.68. The zero-order valence-electron chi connectivity index (χ0n) is 17.1. The second-order valence-electron chi connectivity index (χ2n) is 8.22. The van der Waals surface area contributed by atoms with Gasteiger partial charge in [-0.1, -0.05) is 61.6 Å². The van der Waals surface area contributed by atoms with Crippen molar-refractivity contribution in [2.75, 3.05) is 5.73 Å². The molecule has 1 saturated carbocycles. The van der Waals surface area contributed by atoms with Gasteiger partial charge in [-0.05, 0) is 31.4 Å². The normalized spacial score (nSPS) is 18.2. The molecule has 7 heteroatoms. The monoisotopic (exact) mass is 419 g/mol. The van der Waals surface area contributed by atoms with Gasteiger partial charge in [-0.3, -0.25) is 9.79 Å².